The normalized spacial score (nSPS) is 23.4. The van der Waals surface area contributed by atoms with Crippen LogP contribution in [0.3, 0.4) is 0 Å². The van der Waals surface area contributed by atoms with Crippen LogP contribution in [0, 0.1) is 5.92 Å². The zero-order valence-electron chi connectivity index (χ0n) is 11.5. The van der Waals surface area contributed by atoms with Crippen LogP contribution in [0.4, 0.5) is 0 Å². The SMILES string of the molecule is CCCn1ncnc1CNC1CCC(C(N)=O)CC1. The number of aromatic nitrogens is 3. The fraction of sp³-hybridized carbons (Fsp3) is 0.769. The molecule has 0 saturated heterocycles. The Labute approximate surface area is 113 Å². The molecule has 19 heavy (non-hydrogen) atoms. The first-order chi connectivity index (χ1) is 9.20. The van der Waals surface area contributed by atoms with E-state index in [4.69, 9.17) is 5.73 Å². The number of nitrogens with zero attached hydrogens (tertiary/aromatic N) is 3. The van der Waals surface area contributed by atoms with Gasteiger partial charge in [0, 0.05) is 18.5 Å². The maximum Gasteiger partial charge on any atom is 0.220 e. The molecule has 3 N–H and O–H groups in total. The summed E-state index contributed by atoms with van der Waals surface area (Å²) < 4.78 is 1.95. The van der Waals surface area contributed by atoms with Crippen molar-refractivity contribution in [3.63, 3.8) is 0 Å². The first-order valence-electron chi connectivity index (χ1n) is 7.10. The van der Waals surface area contributed by atoms with Gasteiger partial charge in [-0.05, 0) is 32.1 Å². The fourth-order valence-electron chi connectivity index (χ4n) is 2.64. The van der Waals surface area contributed by atoms with E-state index in [-0.39, 0.29) is 11.8 Å². The highest BCUT2D eigenvalue weighted by atomic mass is 16.1. The lowest BCUT2D eigenvalue weighted by Gasteiger charge is -2.27. The van der Waals surface area contributed by atoms with E-state index in [0.717, 1.165) is 51.0 Å². The van der Waals surface area contributed by atoms with Crippen molar-refractivity contribution in [2.24, 2.45) is 11.7 Å². The Kier molecular flexibility index (Phi) is 4.90. The molecule has 0 spiro atoms. The van der Waals surface area contributed by atoms with Crippen molar-refractivity contribution in [2.45, 2.75) is 58.2 Å². The van der Waals surface area contributed by atoms with E-state index < -0.39 is 0 Å². The molecule has 106 valence electrons. The van der Waals surface area contributed by atoms with Gasteiger partial charge in [-0.25, -0.2) is 9.67 Å². The molecule has 1 aliphatic carbocycles. The van der Waals surface area contributed by atoms with Gasteiger partial charge in [0.2, 0.25) is 5.91 Å². The van der Waals surface area contributed by atoms with Gasteiger partial charge in [-0.2, -0.15) is 5.10 Å². The monoisotopic (exact) mass is 265 g/mol. The van der Waals surface area contributed by atoms with Crippen molar-refractivity contribution in [2.75, 3.05) is 0 Å². The average molecular weight is 265 g/mol. The Bertz CT molecular complexity index is 409. The summed E-state index contributed by atoms with van der Waals surface area (Å²) in [5.41, 5.74) is 5.34. The molecule has 1 aliphatic rings. The van der Waals surface area contributed by atoms with Crippen molar-refractivity contribution in [3.8, 4) is 0 Å². The van der Waals surface area contributed by atoms with Gasteiger partial charge in [0.15, 0.2) is 0 Å². The van der Waals surface area contributed by atoms with E-state index in [1.165, 1.54) is 0 Å². The van der Waals surface area contributed by atoms with Crippen LogP contribution in [0.2, 0.25) is 0 Å². The summed E-state index contributed by atoms with van der Waals surface area (Å²) in [6.07, 6.45) is 6.48. The van der Waals surface area contributed by atoms with Gasteiger partial charge in [-0.3, -0.25) is 4.79 Å². The van der Waals surface area contributed by atoms with Gasteiger partial charge in [0.25, 0.3) is 0 Å². The Morgan fingerprint density at radius 2 is 2.21 bits per heavy atom. The van der Waals surface area contributed by atoms with E-state index >= 15 is 0 Å². The number of nitrogens with one attached hydrogen (secondary N) is 1. The average Bonchev–Trinajstić information content (AvgIpc) is 2.85. The molecule has 0 bridgehead atoms. The molecule has 6 nitrogen and oxygen atoms in total. The van der Waals surface area contributed by atoms with Gasteiger partial charge in [-0.1, -0.05) is 6.92 Å². The lowest BCUT2D eigenvalue weighted by molar-refractivity contribution is -0.122. The molecule has 1 aromatic heterocycles. The molecule has 0 aromatic carbocycles. The second-order valence-electron chi connectivity index (χ2n) is 5.23. The lowest BCUT2D eigenvalue weighted by Crippen LogP contribution is -2.36. The Hall–Kier alpha value is -1.43. The first kappa shape index (κ1) is 14.0. The van der Waals surface area contributed by atoms with E-state index in [2.05, 4.69) is 22.3 Å². The van der Waals surface area contributed by atoms with E-state index in [0.29, 0.717) is 6.04 Å². The minimum atomic E-state index is -0.152. The van der Waals surface area contributed by atoms with E-state index in [1.807, 2.05) is 4.68 Å². The number of primary amides is 1. The third-order valence-corrected chi connectivity index (χ3v) is 3.81. The van der Waals surface area contributed by atoms with Crippen molar-refractivity contribution in [3.05, 3.63) is 12.2 Å². The molecule has 0 atom stereocenters. The van der Waals surface area contributed by atoms with E-state index in [9.17, 15) is 4.79 Å². The molecular weight excluding hydrogens is 242 g/mol. The first-order valence-corrected chi connectivity index (χ1v) is 7.10. The summed E-state index contributed by atoms with van der Waals surface area (Å²) >= 11 is 0. The molecule has 0 aliphatic heterocycles. The molecule has 0 radical (unpaired) electrons. The number of carbonyl (C=O) groups is 1. The number of hydrogen-bond acceptors (Lipinski definition) is 4. The Morgan fingerprint density at radius 1 is 1.47 bits per heavy atom. The minimum Gasteiger partial charge on any atom is -0.369 e. The summed E-state index contributed by atoms with van der Waals surface area (Å²) in [6.45, 7) is 3.78. The van der Waals surface area contributed by atoms with Gasteiger partial charge in [0.1, 0.15) is 12.2 Å². The zero-order chi connectivity index (χ0) is 13.7. The molecule has 1 amide bonds. The third-order valence-electron chi connectivity index (χ3n) is 3.81. The van der Waals surface area contributed by atoms with Crippen LogP contribution >= 0.6 is 0 Å². The van der Waals surface area contributed by atoms with Crippen molar-refractivity contribution < 1.29 is 4.79 Å². The van der Waals surface area contributed by atoms with Crippen LogP contribution < -0.4 is 11.1 Å². The van der Waals surface area contributed by atoms with Crippen LogP contribution in [-0.4, -0.2) is 26.7 Å². The summed E-state index contributed by atoms with van der Waals surface area (Å²) in [5.74, 6) is 0.904. The maximum atomic E-state index is 11.1. The summed E-state index contributed by atoms with van der Waals surface area (Å²) in [6, 6.07) is 0.461. The highest BCUT2D eigenvalue weighted by Gasteiger charge is 2.24. The second-order valence-corrected chi connectivity index (χ2v) is 5.23. The van der Waals surface area contributed by atoms with E-state index in [1.54, 1.807) is 6.33 Å². The van der Waals surface area contributed by atoms with Crippen LogP contribution in [0.25, 0.3) is 0 Å². The van der Waals surface area contributed by atoms with Crippen molar-refractivity contribution in [1.82, 2.24) is 20.1 Å². The van der Waals surface area contributed by atoms with Crippen LogP contribution in [0.15, 0.2) is 6.33 Å². The number of carbonyl (C=O) groups excluding carboxylic acids is 1. The minimum absolute atomic E-state index is 0.0711. The Morgan fingerprint density at radius 3 is 2.84 bits per heavy atom. The number of aryl methyl sites for hydroxylation is 1. The number of nitrogens with two attached hydrogens (primary N) is 1. The van der Waals surface area contributed by atoms with Crippen LogP contribution in [-0.2, 0) is 17.9 Å². The van der Waals surface area contributed by atoms with Crippen molar-refractivity contribution in [1.29, 1.82) is 0 Å². The summed E-state index contributed by atoms with van der Waals surface area (Å²) in [7, 11) is 0. The quantitative estimate of drug-likeness (QED) is 0.797. The standard InChI is InChI=1S/C13H23N5O/c1-2-7-18-12(16-9-17-18)8-15-11-5-3-10(4-6-11)13(14)19/h9-11,15H,2-8H2,1H3,(H2,14,19). The van der Waals surface area contributed by atoms with Gasteiger partial charge in [0.05, 0.1) is 6.54 Å². The summed E-state index contributed by atoms with van der Waals surface area (Å²) in [4.78, 5) is 15.4. The predicted octanol–water partition coefficient (Wildman–Crippen LogP) is 0.822. The fourth-order valence-corrected chi connectivity index (χ4v) is 2.64. The summed E-state index contributed by atoms with van der Waals surface area (Å²) in [5, 5.41) is 7.72. The molecule has 6 heteroatoms. The number of hydrogen-bond donors (Lipinski definition) is 2. The molecule has 2 rings (SSSR count). The lowest BCUT2D eigenvalue weighted by atomic mass is 9.85. The van der Waals surface area contributed by atoms with Gasteiger partial charge < -0.3 is 11.1 Å². The van der Waals surface area contributed by atoms with Crippen molar-refractivity contribution >= 4 is 5.91 Å². The molecule has 1 heterocycles. The van der Waals surface area contributed by atoms with Gasteiger partial charge in [-0.15, -0.1) is 0 Å². The maximum absolute atomic E-state index is 11.1. The zero-order valence-corrected chi connectivity index (χ0v) is 11.5. The smallest absolute Gasteiger partial charge is 0.220 e. The molecule has 0 unspecified atom stereocenters. The molecule has 1 saturated carbocycles. The number of rotatable bonds is 6. The van der Waals surface area contributed by atoms with Crippen LogP contribution in [0.1, 0.15) is 44.9 Å². The van der Waals surface area contributed by atoms with Gasteiger partial charge >= 0.3 is 0 Å². The largest absolute Gasteiger partial charge is 0.369 e. The second kappa shape index (κ2) is 6.65. The molecule has 1 fully saturated rings. The topological polar surface area (TPSA) is 85.8 Å². The number of amides is 1. The Balaban J connectivity index is 1.77. The highest BCUT2D eigenvalue weighted by Crippen LogP contribution is 2.24. The predicted molar refractivity (Wildman–Crippen MR) is 72.1 cm³/mol. The van der Waals surface area contributed by atoms with Crippen LogP contribution in [0.5, 0.6) is 0 Å². The third kappa shape index (κ3) is 3.76. The molecule has 1 aromatic rings. The highest BCUT2D eigenvalue weighted by molar-refractivity contribution is 5.76. The molecular formula is C13H23N5O.